The van der Waals surface area contributed by atoms with Gasteiger partial charge in [0, 0.05) is 5.02 Å². The average Bonchev–Trinajstić information content (AvgIpc) is 3.06. The highest BCUT2D eigenvalue weighted by atomic mass is 35.5. The monoisotopic (exact) mass is 452 g/mol. The van der Waals surface area contributed by atoms with E-state index >= 15 is 0 Å². The number of amides is 1. The first-order chi connectivity index (χ1) is 14.7. The van der Waals surface area contributed by atoms with E-state index in [0.29, 0.717) is 33.7 Å². The number of hydrogen-bond acceptors (Lipinski definition) is 4. The molecule has 0 saturated heterocycles. The number of benzene rings is 2. The number of rotatable bonds is 7. The zero-order valence-corrected chi connectivity index (χ0v) is 17.6. The van der Waals surface area contributed by atoms with Crippen LogP contribution in [-0.4, -0.2) is 31.5 Å². The van der Waals surface area contributed by atoms with Crippen LogP contribution in [0.1, 0.15) is 25.3 Å². The number of nitrogens with zero attached hydrogens (tertiary/aromatic N) is 2. The van der Waals surface area contributed by atoms with Crippen molar-refractivity contribution in [1.82, 2.24) is 0 Å². The lowest BCUT2D eigenvalue weighted by atomic mass is 10.1. The smallest absolute Gasteiger partial charge is 0.435 e. The molecular formula is C22H20ClF3N2O3. The van der Waals surface area contributed by atoms with Crippen molar-refractivity contribution in [3.63, 3.8) is 0 Å². The van der Waals surface area contributed by atoms with Gasteiger partial charge in [0.25, 0.3) is 5.91 Å². The van der Waals surface area contributed by atoms with Crippen LogP contribution in [0, 0.1) is 0 Å². The number of methoxy groups -OCH3 is 1. The topological polar surface area (TPSA) is 51.1 Å². The van der Waals surface area contributed by atoms with Gasteiger partial charge in [-0.1, -0.05) is 31.0 Å². The van der Waals surface area contributed by atoms with Gasteiger partial charge in [0.2, 0.25) is 0 Å². The molecule has 1 amide bonds. The maximum atomic E-state index is 13.6. The normalized spacial score (nSPS) is 15.4. The Kier molecular flexibility index (Phi) is 6.90. The number of carbonyl (C=O) groups is 1. The molecule has 0 aromatic heterocycles. The predicted octanol–water partition coefficient (Wildman–Crippen LogP) is 5.88. The van der Waals surface area contributed by atoms with E-state index in [2.05, 4.69) is 5.10 Å². The third kappa shape index (κ3) is 5.19. The molecule has 0 spiro atoms. The van der Waals surface area contributed by atoms with Gasteiger partial charge >= 0.3 is 6.18 Å². The van der Waals surface area contributed by atoms with E-state index in [0.717, 1.165) is 18.9 Å². The van der Waals surface area contributed by atoms with Crippen molar-refractivity contribution in [2.45, 2.75) is 25.9 Å². The van der Waals surface area contributed by atoms with Crippen molar-refractivity contribution in [1.29, 1.82) is 0 Å². The second-order valence-corrected chi connectivity index (χ2v) is 7.15. The highest BCUT2D eigenvalue weighted by molar-refractivity contribution is 6.34. The summed E-state index contributed by atoms with van der Waals surface area (Å²) >= 11 is 5.82. The number of carbonyl (C=O) groups excluding carboxylic acids is 1. The van der Waals surface area contributed by atoms with E-state index < -0.39 is 23.4 Å². The quantitative estimate of drug-likeness (QED) is 0.389. The van der Waals surface area contributed by atoms with Crippen molar-refractivity contribution in [2.75, 3.05) is 18.7 Å². The van der Waals surface area contributed by atoms with Gasteiger partial charge in [0.05, 0.1) is 25.0 Å². The largest absolute Gasteiger partial charge is 0.493 e. The molecule has 3 rings (SSSR count). The van der Waals surface area contributed by atoms with Crippen molar-refractivity contribution < 1.29 is 27.4 Å². The summed E-state index contributed by atoms with van der Waals surface area (Å²) in [5.74, 6) is -0.0591. The van der Waals surface area contributed by atoms with Gasteiger partial charge < -0.3 is 9.47 Å². The number of hydrazone groups is 1. The van der Waals surface area contributed by atoms with Crippen LogP contribution in [0.3, 0.4) is 0 Å². The Balaban J connectivity index is 1.97. The summed E-state index contributed by atoms with van der Waals surface area (Å²) in [7, 11) is 1.44. The van der Waals surface area contributed by atoms with E-state index in [-0.39, 0.29) is 5.69 Å². The lowest BCUT2D eigenvalue weighted by Crippen LogP contribution is -2.25. The molecular weight excluding hydrogens is 433 g/mol. The third-order valence-corrected chi connectivity index (χ3v) is 4.72. The molecule has 2 aromatic rings. The zero-order valence-electron chi connectivity index (χ0n) is 16.9. The zero-order chi connectivity index (χ0) is 22.6. The molecule has 0 aliphatic carbocycles. The molecule has 31 heavy (non-hydrogen) atoms. The minimum absolute atomic E-state index is 0.178. The van der Waals surface area contributed by atoms with Crippen LogP contribution in [0.2, 0.25) is 5.02 Å². The van der Waals surface area contributed by atoms with Gasteiger partial charge in [-0.05, 0) is 54.5 Å². The lowest BCUT2D eigenvalue weighted by molar-refractivity contribution is -0.114. The maximum Gasteiger partial charge on any atom is 0.435 e. The predicted molar refractivity (Wildman–Crippen MR) is 114 cm³/mol. The Morgan fingerprint density at radius 1 is 1.13 bits per heavy atom. The SMILES string of the molecule is CCCCOc1ccc(C=C2C(=O)N(c3ccc(Cl)cc3)N=C2C(F)(F)F)cc1OC. The molecule has 0 N–H and O–H groups in total. The van der Waals surface area contributed by atoms with Gasteiger partial charge in [-0.2, -0.15) is 23.3 Å². The van der Waals surface area contributed by atoms with Crippen molar-refractivity contribution in [3.05, 3.63) is 58.6 Å². The fourth-order valence-corrected chi connectivity index (χ4v) is 3.02. The Morgan fingerprint density at radius 3 is 2.45 bits per heavy atom. The Hall–Kier alpha value is -3.00. The van der Waals surface area contributed by atoms with Gasteiger partial charge in [0.15, 0.2) is 17.2 Å². The van der Waals surface area contributed by atoms with Gasteiger partial charge in [-0.15, -0.1) is 0 Å². The fourth-order valence-electron chi connectivity index (χ4n) is 2.90. The van der Waals surface area contributed by atoms with Gasteiger partial charge in [-0.25, -0.2) is 0 Å². The Morgan fingerprint density at radius 2 is 1.84 bits per heavy atom. The summed E-state index contributed by atoms with van der Waals surface area (Å²) in [5, 5.41) is 4.64. The number of unbranched alkanes of at least 4 members (excludes halogenated alkanes) is 1. The Labute approximate surface area is 182 Å². The molecule has 0 bridgehead atoms. The van der Waals surface area contributed by atoms with Crippen molar-refractivity contribution >= 4 is 35.0 Å². The summed E-state index contributed by atoms with van der Waals surface area (Å²) in [6.07, 6.45) is -1.85. The van der Waals surface area contributed by atoms with Gasteiger partial charge in [-0.3, -0.25) is 4.79 Å². The average molecular weight is 453 g/mol. The number of halogens is 4. The minimum Gasteiger partial charge on any atom is -0.493 e. The first-order valence-corrected chi connectivity index (χ1v) is 9.91. The molecule has 1 aliphatic rings. The summed E-state index contributed by atoms with van der Waals surface area (Å²) < 4.78 is 51.7. The van der Waals surface area contributed by atoms with Crippen LogP contribution in [0.25, 0.3) is 6.08 Å². The Bertz CT molecular complexity index is 1020. The number of alkyl halides is 3. The van der Waals surface area contributed by atoms with Crippen LogP contribution in [0.5, 0.6) is 11.5 Å². The molecule has 1 aliphatic heterocycles. The second kappa shape index (κ2) is 9.43. The van der Waals surface area contributed by atoms with Crippen LogP contribution in [0.15, 0.2) is 53.1 Å². The van der Waals surface area contributed by atoms with Gasteiger partial charge in [0.1, 0.15) is 0 Å². The van der Waals surface area contributed by atoms with E-state index in [9.17, 15) is 18.0 Å². The van der Waals surface area contributed by atoms with Crippen molar-refractivity contribution in [3.8, 4) is 11.5 Å². The molecule has 9 heteroatoms. The van der Waals surface area contributed by atoms with Crippen LogP contribution in [-0.2, 0) is 4.79 Å². The molecule has 0 radical (unpaired) electrons. The van der Waals surface area contributed by atoms with E-state index in [4.69, 9.17) is 21.1 Å². The summed E-state index contributed by atoms with van der Waals surface area (Å²) in [4.78, 5) is 12.8. The molecule has 1 heterocycles. The minimum atomic E-state index is -4.81. The van der Waals surface area contributed by atoms with E-state index in [1.54, 1.807) is 12.1 Å². The summed E-state index contributed by atoms with van der Waals surface area (Å²) in [5.41, 5.74) is -1.31. The van der Waals surface area contributed by atoms with E-state index in [1.165, 1.54) is 37.4 Å². The number of anilines is 1. The number of hydrogen-bond donors (Lipinski definition) is 0. The molecule has 0 atom stereocenters. The first-order valence-electron chi connectivity index (χ1n) is 9.53. The van der Waals surface area contributed by atoms with Crippen LogP contribution >= 0.6 is 11.6 Å². The summed E-state index contributed by atoms with van der Waals surface area (Å²) in [6.45, 7) is 2.52. The molecule has 0 fully saturated rings. The molecule has 2 aromatic carbocycles. The first kappa shape index (κ1) is 22.7. The molecule has 0 saturated carbocycles. The summed E-state index contributed by atoms with van der Waals surface area (Å²) in [6, 6.07) is 10.5. The molecule has 5 nitrogen and oxygen atoms in total. The second-order valence-electron chi connectivity index (χ2n) is 6.71. The van der Waals surface area contributed by atoms with E-state index in [1.807, 2.05) is 6.92 Å². The fraction of sp³-hybridized carbons (Fsp3) is 0.273. The third-order valence-electron chi connectivity index (χ3n) is 4.47. The standard InChI is InChI=1S/C22H20ClF3N2O3/c1-3-4-11-31-18-10-5-14(13-19(18)30-2)12-17-20(22(24,25)26)27-28(21(17)29)16-8-6-15(23)7-9-16/h5-10,12-13H,3-4,11H2,1-2H3. The highest BCUT2D eigenvalue weighted by Crippen LogP contribution is 2.34. The molecule has 0 unspecified atom stereocenters. The maximum absolute atomic E-state index is 13.6. The highest BCUT2D eigenvalue weighted by Gasteiger charge is 2.46. The lowest BCUT2D eigenvalue weighted by Gasteiger charge is -2.12. The van der Waals surface area contributed by atoms with Crippen LogP contribution in [0.4, 0.5) is 18.9 Å². The molecule has 164 valence electrons. The van der Waals surface area contributed by atoms with Crippen LogP contribution < -0.4 is 14.5 Å². The van der Waals surface area contributed by atoms with Crippen molar-refractivity contribution in [2.24, 2.45) is 5.10 Å². The number of ether oxygens (including phenoxy) is 2.